The summed E-state index contributed by atoms with van der Waals surface area (Å²) in [7, 11) is 0. The standard InChI is InChI=1S/C17H18N6O2S/c1-3-14(24)23-8-11(9-23)7-18-16-15-12(4-5-26-15)19-17(21-16)20-13-6-10(2)22-25-13/h3-6,11H,1,7-9H2,2H3,(H2,18,19,20,21). The number of aromatic nitrogens is 3. The lowest BCUT2D eigenvalue weighted by atomic mass is 10.00. The van der Waals surface area contributed by atoms with Crippen molar-refractivity contribution in [3.8, 4) is 0 Å². The molecule has 2 N–H and O–H groups in total. The van der Waals surface area contributed by atoms with Gasteiger partial charge in [0.15, 0.2) is 0 Å². The lowest BCUT2D eigenvalue weighted by Gasteiger charge is -2.38. The normalized spacial score (nSPS) is 14.3. The molecular formula is C17H18N6O2S. The van der Waals surface area contributed by atoms with Gasteiger partial charge >= 0.3 is 0 Å². The van der Waals surface area contributed by atoms with Crippen molar-refractivity contribution >= 4 is 45.1 Å². The summed E-state index contributed by atoms with van der Waals surface area (Å²) in [6.07, 6.45) is 1.35. The number of likely N-dealkylation sites (tertiary alicyclic amines) is 1. The van der Waals surface area contributed by atoms with Crippen molar-refractivity contribution < 1.29 is 9.32 Å². The number of aryl methyl sites for hydroxylation is 1. The lowest BCUT2D eigenvalue weighted by Crippen LogP contribution is -2.51. The van der Waals surface area contributed by atoms with E-state index in [4.69, 9.17) is 4.52 Å². The van der Waals surface area contributed by atoms with Gasteiger partial charge in [-0.3, -0.25) is 10.1 Å². The molecule has 3 aromatic heterocycles. The Labute approximate surface area is 153 Å². The summed E-state index contributed by atoms with van der Waals surface area (Å²) in [5, 5.41) is 12.3. The van der Waals surface area contributed by atoms with E-state index in [1.165, 1.54) is 6.08 Å². The minimum Gasteiger partial charge on any atom is -0.368 e. The van der Waals surface area contributed by atoms with Crippen LogP contribution in [-0.2, 0) is 4.79 Å². The number of hydrogen-bond donors (Lipinski definition) is 2. The smallest absolute Gasteiger partial charge is 0.245 e. The molecule has 9 heteroatoms. The first kappa shape index (κ1) is 16.5. The Bertz CT molecular complexity index is 959. The first-order chi connectivity index (χ1) is 12.6. The van der Waals surface area contributed by atoms with Gasteiger partial charge < -0.3 is 14.7 Å². The Morgan fingerprint density at radius 3 is 3.08 bits per heavy atom. The van der Waals surface area contributed by atoms with Gasteiger partial charge in [-0.25, -0.2) is 4.98 Å². The van der Waals surface area contributed by atoms with Crippen molar-refractivity contribution in [2.75, 3.05) is 30.3 Å². The average Bonchev–Trinajstić information content (AvgIpc) is 3.21. The second-order valence-electron chi connectivity index (χ2n) is 6.18. The Balaban J connectivity index is 1.46. The van der Waals surface area contributed by atoms with Crippen LogP contribution in [0.15, 0.2) is 34.7 Å². The van der Waals surface area contributed by atoms with Crippen molar-refractivity contribution in [1.29, 1.82) is 0 Å². The highest BCUT2D eigenvalue weighted by molar-refractivity contribution is 7.17. The summed E-state index contributed by atoms with van der Waals surface area (Å²) < 4.78 is 6.17. The van der Waals surface area contributed by atoms with Gasteiger partial charge in [0.2, 0.25) is 17.7 Å². The molecule has 1 fully saturated rings. The van der Waals surface area contributed by atoms with E-state index in [0.717, 1.165) is 41.4 Å². The molecule has 134 valence electrons. The van der Waals surface area contributed by atoms with Crippen LogP contribution in [0.4, 0.5) is 17.7 Å². The summed E-state index contributed by atoms with van der Waals surface area (Å²) in [4.78, 5) is 22.4. The predicted molar refractivity (Wildman–Crippen MR) is 101 cm³/mol. The van der Waals surface area contributed by atoms with Crippen LogP contribution in [0.25, 0.3) is 10.2 Å². The fourth-order valence-electron chi connectivity index (χ4n) is 2.82. The Hall–Kier alpha value is -2.94. The molecule has 1 aliphatic heterocycles. The monoisotopic (exact) mass is 370 g/mol. The zero-order valence-electron chi connectivity index (χ0n) is 14.2. The van der Waals surface area contributed by atoms with Crippen LogP contribution in [-0.4, -0.2) is 45.6 Å². The number of rotatable bonds is 6. The molecule has 0 radical (unpaired) electrons. The number of carbonyl (C=O) groups excluding carboxylic acids is 1. The Morgan fingerprint density at radius 1 is 1.50 bits per heavy atom. The molecule has 0 aliphatic carbocycles. The second-order valence-corrected chi connectivity index (χ2v) is 7.10. The lowest BCUT2D eigenvalue weighted by molar-refractivity contribution is -0.131. The van der Waals surface area contributed by atoms with E-state index in [1.807, 2.05) is 18.4 Å². The van der Waals surface area contributed by atoms with Crippen LogP contribution in [0.3, 0.4) is 0 Å². The molecule has 8 nitrogen and oxygen atoms in total. The summed E-state index contributed by atoms with van der Waals surface area (Å²) in [5.74, 6) is 2.11. The van der Waals surface area contributed by atoms with Gasteiger partial charge in [0, 0.05) is 31.6 Å². The molecule has 0 unspecified atom stereocenters. The van der Waals surface area contributed by atoms with Crippen LogP contribution in [0, 0.1) is 12.8 Å². The quantitative estimate of drug-likeness (QED) is 0.644. The van der Waals surface area contributed by atoms with E-state index < -0.39 is 0 Å². The van der Waals surface area contributed by atoms with E-state index in [2.05, 4.69) is 32.3 Å². The van der Waals surface area contributed by atoms with Crippen molar-refractivity contribution in [2.45, 2.75) is 6.92 Å². The molecule has 26 heavy (non-hydrogen) atoms. The van der Waals surface area contributed by atoms with Gasteiger partial charge in [-0.2, -0.15) is 4.98 Å². The molecule has 3 aromatic rings. The van der Waals surface area contributed by atoms with Crippen LogP contribution in [0.1, 0.15) is 5.69 Å². The summed E-state index contributed by atoms with van der Waals surface area (Å²) in [5.41, 5.74) is 1.65. The first-order valence-electron chi connectivity index (χ1n) is 8.23. The number of nitrogens with one attached hydrogen (secondary N) is 2. The largest absolute Gasteiger partial charge is 0.368 e. The summed E-state index contributed by atoms with van der Waals surface area (Å²) >= 11 is 1.59. The SMILES string of the molecule is C=CC(=O)N1CC(CNc2nc(Nc3cc(C)no3)nc3ccsc23)C1. The maximum atomic E-state index is 11.5. The number of fused-ring (bicyclic) bond motifs is 1. The van der Waals surface area contributed by atoms with Gasteiger partial charge in [-0.1, -0.05) is 11.7 Å². The van der Waals surface area contributed by atoms with E-state index in [0.29, 0.717) is 17.8 Å². The first-order valence-corrected chi connectivity index (χ1v) is 9.11. The van der Waals surface area contributed by atoms with Gasteiger partial charge in [-0.15, -0.1) is 11.3 Å². The maximum Gasteiger partial charge on any atom is 0.245 e. The minimum absolute atomic E-state index is 0.0160. The van der Waals surface area contributed by atoms with E-state index >= 15 is 0 Å². The number of hydrogen-bond acceptors (Lipinski definition) is 8. The van der Waals surface area contributed by atoms with Gasteiger partial charge in [0.1, 0.15) is 5.82 Å². The number of carbonyl (C=O) groups is 1. The topological polar surface area (TPSA) is 96.2 Å². The van der Waals surface area contributed by atoms with Gasteiger partial charge in [0.05, 0.1) is 15.9 Å². The molecule has 0 saturated carbocycles. The summed E-state index contributed by atoms with van der Waals surface area (Å²) in [6.45, 7) is 7.58. The van der Waals surface area contributed by atoms with Crippen molar-refractivity contribution in [3.05, 3.63) is 35.9 Å². The molecule has 0 atom stereocenters. The fourth-order valence-corrected chi connectivity index (χ4v) is 3.62. The highest BCUT2D eigenvalue weighted by Crippen LogP contribution is 2.29. The van der Waals surface area contributed by atoms with E-state index in [-0.39, 0.29) is 5.91 Å². The molecule has 4 rings (SSSR count). The van der Waals surface area contributed by atoms with Crippen LogP contribution < -0.4 is 10.6 Å². The molecule has 1 saturated heterocycles. The molecule has 1 aliphatic rings. The Morgan fingerprint density at radius 2 is 2.35 bits per heavy atom. The predicted octanol–water partition coefficient (Wildman–Crippen LogP) is 2.79. The zero-order chi connectivity index (χ0) is 18.1. The molecule has 0 aromatic carbocycles. The van der Waals surface area contributed by atoms with Crippen molar-refractivity contribution in [2.24, 2.45) is 5.92 Å². The third-order valence-corrected chi connectivity index (χ3v) is 5.08. The van der Waals surface area contributed by atoms with E-state index in [9.17, 15) is 4.79 Å². The minimum atomic E-state index is -0.0160. The fraction of sp³-hybridized carbons (Fsp3) is 0.294. The maximum absolute atomic E-state index is 11.5. The summed E-state index contributed by atoms with van der Waals surface area (Å²) in [6, 6.07) is 3.74. The van der Waals surface area contributed by atoms with Gasteiger partial charge in [0.25, 0.3) is 0 Å². The number of thiophene rings is 1. The van der Waals surface area contributed by atoms with Crippen molar-refractivity contribution in [1.82, 2.24) is 20.0 Å². The highest BCUT2D eigenvalue weighted by Gasteiger charge is 2.29. The molecule has 1 amide bonds. The molecule has 0 bridgehead atoms. The molecule has 4 heterocycles. The van der Waals surface area contributed by atoms with Crippen LogP contribution in [0.5, 0.6) is 0 Å². The third-order valence-electron chi connectivity index (χ3n) is 4.17. The molecular weight excluding hydrogens is 352 g/mol. The number of anilines is 3. The molecule has 0 spiro atoms. The van der Waals surface area contributed by atoms with Crippen LogP contribution in [0.2, 0.25) is 0 Å². The van der Waals surface area contributed by atoms with Crippen LogP contribution >= 0.6 is 11.3 Å². The van der Waals surface area contributed by atoms with Gasteiger partial charge in [-0.05, 0) is 24.4 Å². The van der Waals surface area contributed by atoms with Crippen molar-refractivity contribution in [3.63, 3.8) is 0 Å². The number of nitrogens with zero attached hydrogens (tertiary/aromatic N) is 4. The Kier molecular flexibility index (Phi) is 4.29. The zero-order valence-corrected chi connectivity index (χ0v) is 15.0. The second kappa shape index (κ2) is 6.75. The number of amides is 1. The average molecular weight is 370 g/mol. The highest BCUT2D eigenvalue weighted by atomic mass is 32.1. The third kappa shape index (κ3) is 3.25. The van der Waals surface area contributed by atoms with E-state index in [1.54, 1.807) is 22.3 Å².